The van der Waals surface area contributed by atoms with Crippen LogP contribution in [-0.4, -0.2) is 25.0 Å². The Hall–Kier alpha value is -1.13. The summed E-state index contributed by atoms with van der Waals surface area (Å²) in [6, 6.07) is 3.50. The number of amides is 1. The molecule has 0 fully saturated rings. The fourth-order valence-electron chi connectivity index (χ4n) is 1.49. The number of alkyl halides is 1. The monoisotopic (exact) mass is 305 g/mol. The molecule has 0 bridgehead atoms. The van der Waals surface area contributed by atoms with Gasteiger partial charge >= 0.3 is 0 Å². The average molecular weight is 306 g/mol. The number of carbonyl (C=O) groups excluding carboxylic acids is 1. The molecule has 6 heteroatoms. The van der Waals surface area contributed by atoms with Crippen LogP contribution in [0.15, 0.2) is 12.1 Å². The zero-order valence-corrected chi connectivity index (χ0v) is 12.6. The minimum atomic E-state index is -0.569. The molecule has 0 aliphatic heterocycles. The maximum atomic E-state index is 11.4. The fourth-order valence-corrected chi connectivity index (χ4v) is 1.85. The van der Waals surface area contributed by atoms with Crippen LogP contribution in [-0.2, 0) is 11.3 Å². The number of hydrogen-bond acceptors (Lipinski definition) is 3. The molecule has 106 valence electrons. The van der Waals surface area contributed by atoms with Crippen LogP contribution in [0.2, 0.25) is 5.02 Å². The quantitative estimate of drug-likeness (QED) is 0.822. The van der Waals surface area contributed by atoms with Crippen LogP contribution in [0.25, 0.3) is 0 Å². The van der Waals surface area contributed by atoms with Gasteiger partial charge in [0.25, 0.3) is 0 Å². The SMILES string of the molecule is CCOc1c(Cl)cc(CNC(=O)C(C)Cl)cc1OC. The van der Waals surface area contributed by atoms with Crippen molar-refractivity contribution in [3.05, 3.63) is 22.7 Å². The first-order valence-electron chi connectivity index (χ1n) is 5.90. The maximum absolute atomic E-state index is 11.4. The van der Waals surface area contributed by atoms with Crippen LogP contribution in [0.1, 0.15) is 19.4 Å². The van der Waals surface area contributed by atoms with Gasteiger partial charge < -0.3 is 14.8 Å². The lowest BCUT2D eigenvalue weighted by molar-refractivity contribution is -0.120. The number of carbonyl (C=O) groups is 1. The van der Waals surface area contributed by atoms with E-state index in [9.17, 15) is 4.79 Å². The lowest BCUT2D eigenvalue weighted by Gasteiger charge is -2.13. The van der Waals surface area contributed by atoms with Gasteiger partial charge in [-0.3, -0.25) is 4.79 Å². The molecular formula is C13H17Cl2NO3. The lowest BCUT2D eigenvalue weighted by Crippen LogP contribution is -2.29. The summed E-state index contributed by atoms with van der Waals surface area (Å²) in [6.45, 7) is 4.31. The summed E-state index contributed by atoms with van der Waals surface area (Å²) in [5, 5.41) is 2.58. The van der Waals surface area contributed by atoms with E-state index in [2.05, 4.69) is 5.32 Å². The van der Waals surface area contributed by atoms with Gasteiger partial charge in [-0.15, -0.1) is 11.6 Å². The number of methoxy groups -OCH3 is 1. The van der Waals surface area contributed by atoms with Gasteiger partial charge in [0.05, 0.1) is 18.7 Å². The molecule has 0 aliphatic carbocycles. The Bertz CT molecular complexity index is 450. The average Bonchev–Trinajstić information content (AvgIpc) is 2.38. The van der Waals surface area contributed by atoms with Crippen LogP contribution in [0, 0.1) is 0 Å². The molecule has 1 aromatic rings. The molecule has 0 heterocycles. The van der Waals surface area contributed by atoms with Crippen molar-refractivity contribution in [2.24, 2.45) is 0 Å². The highest BCUT2D eigenvalue weighted by molar-refractivity contribution is 6.32. The number of rotatable bonds is 6. The van der Waals surface area contributed by atoms with Crippen molar-refractivity contribution in [2.45, 2.75) is 25.8 Å². The van der Waals surface area contributed by atoms with E-state index in [1.807, 2.05) is 6.92 Å². The second kappa shape index (κ2) is 7.46. The topological polar surface area (TPSA) is 47.6 Å². The van der Waals surface area contributed by atoms with Crippen LogP contribution in [0.3, 0.4) is 0 Å². The number of ether oxygens (including phenoxy) is 2. The number of hydrogen-bond donors (Lipinski definition) is 1. The Morgan fingerprint density at radius 1 is 1.47 bits per heavy atom. The van der Waals surface area contributed by atoms with E-state index in [0.717, 1.165) is 5.56 Å². The molecule has 1 atom stereocenters. The first kappa shape index (κ1) is 15.9. The maximum Gasteiger partial charge on any atom is 0.238 e. The fraction of sp³-hybridized carbons (Fsp3) is 0.462. The van der Waals surface area contributed by atoms with Crippen LogP contribution < -0.4 is 14.8 Å². The minimum Gasteiger partial charge on any atom is -0.493 e. The normalized spacial score (nSPS) is 11.8. The van der Waals surface area contributed by atoms with Crippen molar-refractivity contribution >= 4 is 29.1 Å². The minimum absolute atomic E-state index is 0.231. The molecule has 0 saturated heterocycles. The molecule has 0 spiro atoms. The van der Waals surface area contributed by atoms with Crippen molar-refractivity contribution in [1.29, 1.82) is 0 Å². The molecule has 4 nitrogen and oxygen atoms in total. The van der Waals surface area contributed by atoms with Crippen molar-refractivity contribution in [2.75, 3.05) is 13.7 Å². The Morgan fingerprint density at radius 3 is 2.68 bits per heavy atom. The first-order chi connectivity index (χ1) is 8.99. The third-order valence-electron chi connectivity index (χ3n) is 2.41. The Kier molecular flexibility index (Phi) is 6.25. The zero-order chi connectivity index (χ0) is 14.4. The van der Waals surface area contributed by atoms with Gasteiger partial charge in [0, 0.05) is 6.54 Å². The van der Waals surface area contributed by atoms with Crippen molar-refractivity contribution in [3.63, 3.8) is 0 Å². The van der Waals surface area contributed by atoms with E-state index in [1.165, 1.54) is 7.11 Å². The third kappa shape index (κ3) is 4.48. The summed E-state index contributed by atoms with van der Waals surface area (Å²) in [4.78, 5) is 11.4. The molecule has 1 rings (SSSR count). The molecule has 0 aromatic heterocycles. The van der Waals surface area contributed by atoms with Crippen molar-refractivity contribution in [3.8, 4) is 11.5 Å². The second-order valence-electron chi connectivity index (χ2n) is 3.88. The highest BCUT2D eigenvalue weighted by Crippen LogP contribution is 2.36. The largest absolute Gasteiger partial charge is 0.493 e. The van der Waals surface area contributed by atoms with E-state index in [4.69, 9.17) is 32.7 Å². The van der Waals surface area contributed by atoms with E-state index < -0.39 is 5.38 Å². The summed E-state index contributed by atoms with van der Waals surface area (Å²) < 4.78 is 10.6. The second-order valence-corrected chi connectivity index (χ2v) is 4.94. The Balaban J connectivity index is 2.86. The highest BCUT2D eigenvalue weighted by atomic mass is 35.5. The van der Waals surface area contributed by atoms with E-state index in [0.29, 0.717) is 29.7 Å². The van der Waals surface area contributed by atoms with E-state index in [-0.39, 0.29) is 5.91 Å². The van der Waals surface area contributed by atoms with Crippen molar-refractivity contribution < 1.29 is 14.3 Å². The first-order valence-corrected chi connectivity index (χ1v) is 6.72. The van der Waals surface area contributed by atoms with E-state index >= 15 is 0 Å². The Morgan fingerprint density at radius 2 is 2.16 bits per heavy atom. The van der Waals surface area contributed by atoms with Crippen LogP contribution in [0.5, 0.6) is 11.5 Å². The summed E-state index contributed by atoms with van der Waals surface area (Å²) >= 11 is 11.8. The van der Waals surface area contributed by atoms with Gasteiger partial charge in [-0.25, -0.2) is 0 Å². The molecule has 0 saturated carbocycles. The molecule has 19 heavy (non-hydrogen) atoms. The molecule has 1 N–H and O–H groups in total. The van der Waals surface area contributed by atoms with Gasteiger partial charge in [-0.2, -0.15) is 0 Å². The van der Waals surface area contributed by atoms with Crippen LogP contribution in [0.4, 0.5) is 0 Å². The van der Waals surface area contributed by atoms with E-state index in [1.54, 1.807) is 19.1 Å². The Labute approximate surface area is 123 Å². The number of nitrogens with one attached hydrogen (secondary N) is 1. The predicted octanol–water partition coefficient (Wildman–Crippen LogP) is 2.99. The van der Waals surface area contributed by atoms with Gasteiger partial charge in [0.15, 0.2) is 11.5 Å². The van der Waals surface area contributed by atoms with Crippen molar-refractivity contribution in [1.82, 2.24) is 5.32 Å². The lowest BCUT2D eigenvalue weighted by atomic mass is 10.2. The molecule has 0 aliphatic rings. The summed E-state index contributed by atoms with van der Waals surface area (Å²) in [5.74, 6) is 0.815. The zero-order valence-electron chi connectivity index (χ0n) is 11.1. The molecular weight excluding hydrogens is 289 g/mol. The number of benzene rings is 1. The standard InChI is InChI=1S/C13H17Cl2NO3/c1-4-19-12-10(15)5-9(6-11(12)18-3)7-16-13(17)8(2)14/h5-6,8H,4,7H2,1-3H3,(H,16,17). The van der Waals surface area contributed by atoms with Gasteiger partial charge in [-0.05, 0) is 31.5 Å². The third-order valence-corrected chi connectivity index (χ3v) is 2.88. The number of halogens is 2. The summed E-state index contributed by atoms with van der Waals surface area (Å²) in [6.07, 6.45) is 0. The molecule has 1 amide bonds. The molecule has 1 aromatic carbocycles. The summed E-state index contributed by atoms with van der Waals surface area (Å²) in [7, 11) is 1.54. The van der Waals surface area contributed by atoms with Gasteiger partial charge in [0.2, 0.25) is 5.91 Å². The van der Waals surface area contributed by atoms with Gasteiger partial charge in [-0.1, -0.05) is 11.6 Å². The molecule has 1 unspecified atom stereocenters. The smallest absolute Gasteiger partial charge is 0.238 e. The summed E-state index contributed by atoms with van der Waals surface area (Å²) in [5.41, 5.74) is 0.816. The van der Waals surface area contributed by atoms with Crippen LogP contribution >= 0.6 is 23.2 Å². The predicted molar refractivity (Wildman–Crippen MR) is 76.3 cm³/mol. The molecule has 0 radical (unpaired) electrons. The van der Waals surface area contributed by atoms with Gasteiger partial charge in [0.1, 0.15) is 5.38 Å². The highest BCUT2D eigenvalue weighted by Gasteiger charge is 2.13.